The van der Waals surface area contributed by atoms with Crippen LogP contribution in [0.1, 0.15) is 13.8 Å². The lowest BCUT2D eigenvalue weighted by Gasteiger charge is -2.28. The number of hydrogen-bond acceptors (Lipinski definition) is 5. The SMILES string of the molecule is CC(C)N(c1ccccc1)S(=O)(=O)c1ccc(S(=O)(=O)N2CCOCC2)cc1. The summed E-state index contributed by atoms with van der Waals surface area (Å²) in [5.74, 6) is 0. The van der Waals surface area contributed by atoms with Gasteiger partial charge in [0.1, 0.15) is 0 Å². The van der Waals surface area contributed by atoms with E-state index in [2.05, 4.69) is 0 Å². The minimum Gasteiger partial charge on any atom is -0.379 e. The molecule has 1 heterocycles. The third-order valence-electron chi connectivity index (χ3n) is 4.47. The minimum absolute atomic E-state index is 0.0472. The quantitative estimate of drug-likeness (QED) is 0.711. The van der Waals surface area contributed by atoms with Gasteiger partial charge in [-0.2, -0.15) is 4.31 Å². The van der Waals surface area contributed by atoms with Gasteiger partial charge in [0, 0.05) is 19.1 Å². The molecule has 0 N–H and O–H groups in total. The second kappa shape index (κ2) is 8.20. The van der Waals surface area contributed by atoms with Crippen LogP contribution in [0.2, 0.25) is 0 Å². The van der Waals surface area contributed by atoms with Gasteiger partial charge in [-0.1, -0.05) is 18.2 Å². The maximum atomic E-state index is 13.2. The zero-order valence-electron chi connectivity index (χ0n) is 15.9. The van der Waals surface area contributed by atoms with E-state index in [-0.39, 0.29) is 28.9 Å². The highest BCUT2D eigenvalue weighted by molar-refractivity contribution is 7.93. The van der Waals surface area contributed by atoms with Crippen molar-refractivity contribution in [2.75, 3.05) is 30.6 Å². The first-order valence-corrected chi connectivity index (χ1v) is 11.9. The fraction of sp³-hybridized carbons (Fsp3) is 0.368. The second-order valence-electron chi connectivity index (χ2n) is 6.72. The summed E-state index contributed by atoms with van der Waals surface area (Å²) in [4.78, 5) is 0.120. The van der Waals surface area contributed by atoms with Gasteiger partial charge in [0.05, 0.1) is 28.7 Å². The normalized spacial score (nSPS) is 16.2. The Balaban J connectivity index is 1.93. The summed E-state index contributed by atoms with van der Waals surface area (Å²) < 4.78 is 59.7. The van der Waals surface area contributed by atoms with Crippen LogP contribution in [0.15, 0.2) is 64.4 Å². The maximum Gasteiger partial charge on any atom is 0.264 e. The van der Waals surface area contributed by atoms with E-state index in [0.717, 1.165) is 0 Å². The number of anilines is 1. The first-order chi connectivity index (χ1) is 13.2. The Kier molecular flexibility index (Phi) is 6.09. The molecule has 0 atom stereocenters. The number of ether oxygens (including phenoxy) is 1. The van der Waals surface area contributed by atoms with Crippen LogP contribution in [0.5, 0.6) is 0 Å². The van der Waals surface area contributed by atoms with E-state index in [4.69, 9.17) is 4.74 Å². The Labute approximate surface area is 166 Å². The highest BCUT2D eigenvalue weighted by atomic mass is 32.2. The van der Waals surface area contributed by atoms with E-state index < -0.39 is 20.0 Å². The van der Waals surface area contributed by atoms with Crippen LogP contribution < -0.4 is 4.31 Å². The molecule has 0 saturated carbocycles. The van der Waals surface area contributed by atoms with Crippen molar-refractivity contribution >= 4 is 25.7 Å². The summed E-state index contributed by atoms with van der Waals surface area (Å²) >= 11 is 0. The van der Waals surface area contributed by atoms with E-state index in [0.29, 0.717) is 18.9 Å². The average Bonchev–Trinajstić information content (AvgIpc) is 2.69. The number of morpholine rings is 1. The molecule has 0 radical (unpaired) electrons. The molecule has 7 nitrogen and oxygen atoms in total. The van der Waals surface area contributed by atoms with Crippen LogP contribution in [0.3, 0.4) is 0 Å². The minimum atomic E-state index is -3.84. The average molecular weight is 425 g/mol. The molecule has 1 saturated heterocycles. The van der Waals surface area contributed by atoms with Gasteiger partial charge in [-0.3, -0.25) is 4.31 Å². The molecule has 3 rings (SSSR count). The number of para-hydroxylation sites is 1. The van der Waals surface area contributed by atoms with Crippen LogP contribution in [-0.2, 0) is 24.8 Å². The van der Waals surface area contributed by atoms with Crippen LogP contribution in [0.25, 0.3) is 0 Å². The van der Waals surface area contributed by atoms with Crippen molar-refractivity contribution in [2.24, 2.45) is 0 Å². The zero-order chi connectivity index (χ0) is 20.4. The van der Waals surface area contributed by atoms with Crippen molar-refractivity contribution in [3.63, 3.8) is 0 Å². The highest BCUT2D eigenvalue weighted by Gasteiger charge is 2.29. The fourth-order valence-electron chi connectivity index (χ4n) is 3.12. The van der Waals surface area contributed by atoms with E-state index in [9.17, 15) is 16.8 Å². The molecule has 152 valence electrons. The van der Waals surface area contributed by atoms with Crippen molar-refractivity contribution < 1.29 is 21.6 Å². The highest BCUT2D eigenvalue weighted by Crippen LogP contribution is 2.27. The fourth-order valence-corrected chi connectivity index (χ4v) is 6.19. The number of sulfonamides is 2. The third kappa shape index (κ3) is 4.07. The van der Waals surface area contributed by atoms with Crippen LogP contribution in [-0.4, -0.2) is 53.5 Å². The zero-order valence-corrected chi connectivity index (χ0v) is 17.5. The summed E-state index contributed by atoms with van der Waals surface area (Å²) in [5.41, 5.74) is 0.558. The molecule has 1 aliphatic rings. The topological polar surface area (TPSA) is 84.0 Å². The molecule has 9 heteroatoms. The summed E-state index contributed by atoms with van der Waals surface area (Å²) in [5, 5.41) is 0. The van der Waals surface area contributed by atoms with Crippen molar-refractivity contribution in [1.29, 1.82) is 0 Å². The maximum absolute atomic E-state index is 13.2. The van der Waals surface area contributed by atoms with Gasteiger partial charge in [-0.25, -0.2) is 16.8 Å². The van der Waals surface area contributed by atoms with Gasteiger partial charge in [-0.05, 0) is 50.2 Å². The van der Waals surface area contributed by atoms with Crippen molar-refractivity contribution in [2.45, 2.75) is 29.7 Å². The van der Waals surface area contributed by atoms with Gasteiger partial charge in [0.2, 0.25) is 10.0 Å². The Bertz CT molecular complexity index is 998. The van der Waals surface area contributed by atoms with E-state index in [1.165, 1.54) is 32.9 Å². The van der Waals surface area contributed by atoms with E-state index in [1.807, 2.05) is 6.07 Å². The number of benzene rings is 2. The van der Waals surface area contributed by atoms with Crippen LogP contribution in [0.4, 0.5) is 5.69 Å². The monoisotopic (exact) mass is 424 g/mol. The second-order valence-corrected chi connectivity index (χ2v) is 10.5. The largest absolute Gasteiger partial charge is 0.379 e. The van der Waals surface area contributed by atoms with E-state index >= 15 is 0 Å². The predicted octanol–water partition coefficient (Wildman–Crippen LogP) is 2.31. The molecular formula is C19H24N2O5S2. The van der Waals surface area contributed by atoms with Gasteiger partial charge < -0.3 is 4.74 Å². The van der Waals surface area contributed by atoms with Gasteiger partial charge in [-0.15, -0.1) is 0 Å². The molecule has 1 aliphatic heterocycles. The summed E-state index contributed by atoms with van der Waals surface area (Å²) in [6.07, 6.45) is 0. The van der Waals surface area contributed by atoms with Crippen LogP contribution >= 0.6 is 0 Å². The number of hydrogen-bond donors (Lipinski definition) is 0. The summed E-state index contributed by atoms with van der Waals surface area (Å²) in [6.45, 7) is 4.87. The molecule has 0 spiro atoms. The van der Waals surface area contributed by atoms with Gasteiger partial charge >= 0.3 is 0 Å². The Hall–Kier alpha value is -1.94. The molecule has 1 fully saturated rings. The van der Waals surface area contributed by atoms with Crippen molar-refractivity contribution in [3.05, 3.63) is 54.6 Å². The Morgan fingerprint density at radius 2 is 1.39 bits per heavy atom. The van der Waals surface area contributed by atoms with Crippen molar-refractivity contribution in [1.82, 2.24) is 4.31 Å². The standard InChI is InChI=1S/C19H24N2O5S2/c1-16(2)21(17-6-4-3-5-7-17)28(24,25)19-10-8-18(9-11-19)27(22,23)20-12-14-26-15-13-20/h3-11,16H,12-15H2,1-2H3. The molecule has 0 amide bonds. The first-order valence-electron chi connectivity index (χ1n) is 9.02. The van der Waals surface area contributed by atoms with E-state index in [1.54, 1.807) is 38.1 Å². The molecule has 0 unspecified atom stereocenters. The molecule has 2 aromatic rings. The van der Waals surface area contributed by atoms with Crippen molar-refractivity contribution in [3.8, 4) is 0 Å². The summed E-state index contributed by atoms with van der Waals surface area (Å²) in [7, 11) is -7.50. The number of rotatable bonds is 6. The molecule has 0 aliphatic carbocycles. The lowest BCUT2D eigenvalue weighted by atomic mass is 10.3. The molecule has 0 bridgehead atoms. The molecule has 28 heavy (non-hydrogen) atoms. The molecule has 0 aromatic heterocycles. The predicted molar refractivity (Wildman–Crippen MR) is 107 cm³/mol. The molecule has 2 aromatic carbocycles. The lowest BCUT2D eigenvalue weighted by Crippen LogP contribution is -2.40. The lowest BCUT2D eigenvalue weighted by molar-refractivity contribution is 0.0730. The van der Waals surface area contributed by atoms with Gasteiger partial charge in [0.25, 0.3) is 10.0 Å². The smallest absolute Gasteiger partial charge is 0.264 e. The van der Waals surface area contributed by atoms with Gasteiger partial charge in [0.15, 0.2) is 0 Å². The van der Waals surface area contributed by atoms with Crippen LogP contribution in [0, 0.1) is 0 Å². The third-order valence-corrected chi connectivity index (χ3v) is 8.40. The first kappa shape index (κ1) is 20.8. The Morgan fingerprint density at radius 1 is 0.857 bits per heavy atom. The molecular weight excluding hydrogens is 400 g/mol. The summed E-state index contributed by atoms with van der Waals surface area (Å²) in [6, 6.07) is 13.9. The number of nitrogens with zero attached hydrogens (tertiary/aromatic N) is 2. The Morgan fingerprint density at radius 3 is 1.93 bits per heavy atom.